The molecule has 3 rings (SSSR count). The van der Waals surface area contributed by atoms with Gasteiger partial charge in [0.2, 0.25) is 0 Å². The SMILES string of the molecule is OC1(C(F)(F)F)C2CCCCC2=NN1c1ccccn1. The predicted octanol–water partition coefficient (Wildman–Crippen LogP) is 2.70. The molecule has 1 aromatic heterocycles. The van der Waals surface area contributed by atoms with Gasteiger partial charge in [-0.15, -0.1) is 0 Å². The lowest BCUT2D eigenvalue weighted by Gasteiger charge is -2.38. The molecule has 1 aromatic rings. The normalized spacial score (nSPS) is 30.1. The second-order valence-electron chi connectivity index (χ2n) is 5.11. The average Bonchev–Trinajstić information content (AvgIpc) is 2.75. The van der Waals surface area contributed by atoms with Crippen molar-refractivity contribution in [3.05, 3.63) is 24.4 Å². The first-order valence-electron chi connectivity index (χ1n) is 6.52. The lowest BCUT2D eigenvalue weighted by atomic mass is 9.80. The number of pyridine rings is 1. The molecule has 0 spiro atoms. The molecule has 20 heavy (non-hydrogen) atoms. The summed E-state index contributed by atoms with van der Waals surface area (Å²) in [5.41, 5.74) is -2.57. The number of rotatable bonds is 1. The highest BCUT2D eigenvalue weighted by atomic mass is 19.4. The van der Waals surface area contributed by atoms with Crippen molar-refractivity contribution in [2.45, 2.75) is 37.6 Å². The van der Waals surface area contributed by atoms with E-state index in [1.807, 2.05) is 0 Å². The lowest BCUT2D eigenvalue weighted by molar-refractivity contribution is -0.269. The number of hydrogen-bond donors (Lipinski definition) is 1. The van der Waals surface area contributed by atoms with Gasteiger partial charge in [-0.1, -0.05) is 12.5 Å². The summed E-state index contributed by atoms with van der Waals surface area (Å²) in [7, 11) is 0. The summed E-state index contributed by atoms with van der Waals surface area (Å²) in [5, 5.41) is 15.0. The van der Waals surface area contributed by atoms with E-state index in [0.29, 0.717) is 23.6 Å². The fourth-order valence-corrected chi connectivity index (χ4v) is 2.92. The van der Waals surface area contributed by atoms with Crippen LogP contribution in [0.25, 0.3) is 0 Å². The molecule has 0 aromatic carbocycles. The fourth-order valence-electron chi connectivity index (χ4n) is 2.92. The van der Waals surface area contributed by atoms with Crippen molar-refractivity contribution in [2.75, 3.05) is 5.01 Å². The minimum Gasteiger partial charge on any atom is -0.362 e. The summed E-state index contributed by atoms with van der Waals surface area (Å²) in [5.74, 6) is -0.993. The summed E-state index contributed by atoms with van der Waals surface area (Å²) < 4.78 is 40.4. The third-order valence-corrected chi connectivity index (χ3v) is 3.90. The van der Waals surface area contributed by atoms with Gasteiger partial charge in [-0.3, -0.25) is 0 Å². The van der Waals surface area contributed by atoms with Gasteiger partial charge in [0, 0.05) is 11.9 Å². The molecular weight excluding hydrogens is 271 g/mol. The highest BCUT2D eigenvalue weighted by Gasteiger charge is 2.67. The van der Waals surface area contributed by atoms with Crippen molar-refractivity contribution in [3.63, 3.8) is 0 Å². The van der Waals surface area contributed by atoms with E-state index in [4.69, 9.17) is 0 Å². The largest absolute Gasteiger partial charge is 0.439 e. The van der Waals surface area contributed by atoms with E-state index in [-0.39, 0.29) is 12.2 Å². The first kappa shape index (κ1) is 13.4. The van der Waals surface area contributed by atoms with E-state index < -0.39 is 17.8 Å². The Morgan fingerprint density at radius 2 is 2.10 bits per heavy atom. The molecule has 108 valence electrons. The Balaban J connectivity index is 2.09. The van der Waals surface area contributed by atoms with Crippen LogP contribution in [0.2, 0.25) is 0 Å². The maximum absolute atomic E-state index is 13.5. The Kier molecular flexibility index (Phi) is 2.97. The van der Waals surface area contributed by atoms with Gasteiger partial charge in [-0.25, -0.2) is 9.99 Å². The highest BCUT2D eigenvalue weighted by molar-refractivity contribution is 5.92. The lowest BCUT2D eigenvalue weighted by Crippen LogP contribution is -2.60. The number of alkyl halides is 3. The highest BCUT2D eigenvalue weighted by Crippen LogP contribution is 2.49. The van der Waals surface area contributed by atoms with Crippen molar-refractivity contribution in [3.8, 4) is 0 Å². The molecule has 2 heterocycles. The minimum atomic E-state index is -4.79. The molecule has 1 fully saturated rings. The summed E-state index contributed by atoms with van der Waals surface area (Å²) in [6, 6.07) is 4.59. The van der Waals surface area contributed by atoms with Crippen LogP contribution in [0.1, 0.15) is 25.7 Å². The number of aliphatic hydroxyl groups is 1. The van der Waals surface area contributed by atoms with Gasteiger partial charge in [-0.05, 0) is 31.4 Å². The van der Waals surface area contributed by atoms with Crippen molar-refractivity contribution < 1.29 is 18.3 Å². The zero-order valence-corrected chi connectivity index (χ0v) is 10.6. The number of halogens is 3. The van der Waals surface area contributed by atoms with Crippen molar-refractivity contribution in [2.24, 2.45) is 11.0 Å². The summed E-state index contributed by atoms with van der Waals surface area (Å²) in [6.45, 7) is 0. The monoisotopic (exact) mass is 285 g/mol. The van der Waals surface area contributed by atoms with Crippen LogP contribution in [-0.2, 0) is 0 Å². The van der Waals surface area contributed by atoms with Gasteiger partial charge in [0.05, 0.1) is 5.92 Å². The quantitative estimate of drug-likeness (QED) is 0.863. The van der Waals surface area contributed by atoms with Crippen LogP contribution >= 0.6 is 0 Å². The molecule has 2 atom stereocenters. The summed E-state index contributed by atoms with van der Waals surface area (Å²) >= 11 is 0. The van der Waals surface area contributed by atoms with Gasteiger partial charge >= 0.3 is 6.18 Å². The van der Waals surface area contributed by atoms with Gasteiger partial charge in [0.15, 0.2) is 5.82 Å². The topological polar surface area (TPSA) is 48.7 Å². The van der Waals surface area contributed by atoms with Crippen molar-refractivity contribution in [1.82, 2.24) is 4.98 Å². The van der Waals surface area contributed by atoms with Crippen LogP contribution in [-0.4, -0.2) is 27.7 Å². The van der Waals surface area contributed by atoms with Gasteiger partial charge < -0.3 is 5.11 Å². The molecule has 0 bridgehead atoms. The number of fused-ring (bicyclic) bond motifs is 1. The predicted molar refractivity (Wildman–Crippen MR) is 67.1 cm³/mol. The molecule has 1 saturated carbocycles. The Bertz CT molecular complexity index is 531. The first-order valence-corrected chi connectivity index (χ1v) is 6.52. The average molecular weight is 285 g/mol. The first-order chi connectivity index (χ1) is 9.44. The number of nitrogens with zero attached hydrogens (tertiary/aromatic N) is 3. The summed E-state index contributed by atoms with van der Waals surface area (Å²) in [6.07, 6.45) is -1.16. The van der Waals surface area contributed by atoms with Gasteiger partial charge in [0.1, 0.15) is 0 Å². The van der Waals surface area contributed by atoms with Crippen LogP contribution in [0.4, 0.5) is 19.0 Å². The molecule has 2 unspecified atom stereocenters. The molecule has 0 radical (unpaired) electrons. The fraction of sp³-hybridized carbons (Fsp3) is 0.538. The van der Waals surface area contributed by atoms with Crippen LogP contribution in [0.3, 0.4) is 0 Å². The van der Waals surface area contributed by atoms with E-state index in [0.717, 1.165) is 6.42 Å². The molecule has 1 aliphatic heterocycles. The van der Waals surface area contributed by atoms with E-state index in [9.17, 15) is 18.3 Å². The smallest absolute Gasteiger partial charge is 0.362 e. The van der Waals surface area contributed by atoms with E-state index in [1.54, 1.807) is 12.1 Å². The molecule has 1 aliphatic carbocycles. The minimum absolute atomic E-state index is 0.00854. The van der Waals surface area contributed by atoms with Gasteiger partial charge in [0.25, 0.3) is 5.72 Å². The Labute approximate surface area is 113 Å². The van der Waals surface area contributed by atoms with Crippen LogP contribution < -0.4 is 5.01 Å². The maximum Gasteiger partial charge on any atom is 0.439 e. The van der Waals surface area contributed by atoms with Crippen LogP contribution in [0.15, 0.2) is 29.5 Å². The Hall–Kier alpha value is -1.63. The molecular formula is C13H14F3N3O. The van der Waals surface area contributed by atoms with Crippen molar-refractivity contribution >= 4 is 11.5 Å². The zero-order chi connectivity index (χ0) is 14.4. The van der Waals surface area contributed by atoms with Crippen LogP contribution in [0.5, 0.6) is 0 Å². The molecule has 4 nitrogen and oxygen atoms in total. The number of hydrogen-bond acceptors (Lipinski definition) is 4. The van der Waals surface area contributed by atoms with E-state index >= 15 is 0 Å². The zero-order valence-electron chi connectivity index (χ0n) is 10.6. The second-order valence-corrected chi connectivity index (χ2v) is 5.11. The van der Waals surface area contributed by atoms with E-state index in [2.05, 4.69) is 10.1 Å². The molecule has 7 heteroatoms. The number of hydrazone groups is 1. The number of anilines is 1. The van der Waals surface area contributed by atoms with E-state index in [1.165, 1.54) is 12.3 Å². The second kappa shape index (κ2) is 4.44. The summed E-state index contributed by atoms with van der Waals surface area (Å²) in [4.78, 5) is 3.89. The third-order valence-electron chi connectivity index (χ3n) is 3.90. The maximum atomic E-state index is 13.5. The molecule has 1 N–H and O–H groups in total. The number of aromatic nitrogens is 1. The van der Waals surface area contributed by atoms with Gasteiger partial charge in [-0.2, -0.15) is 18.3 Å². The standard InChI is InChI=1S/C13H14F3N3O/c14-13(15,16)12(20)9-5-1-2-6-10(9)18-19(12)11-7-3-4-8-17-11/h3-4,7-9,20H,1-2,5-6H2. The molecule has 0 saturated heterocycles. The Morgan fingerprint density at radius 1 is 1.30 bits per heavy atom. The molecule has 0 amide bonds. The molecule has 2 aliphatic rings. The van der Waals surface area contributed by atoms with Crippen LogP contribution in [0, 0.1) is 5.92 Å². The Morgan fingerprint density at radius 3 is 2.75 bits per heavy atom. The van der Waals surface area contributed by atoms with Crippen molar-refractivity contribution in [1.29, 1.82) is 0 Å². The third kappa shape index (κ3) is 1.80.